The van der Waals surface area contributed by atoms with Crippen molar-refractivity contribution in [2.24, 2.45) is 0 Å². The quantitative estimate of drug-likeness (QED) is 0.0173. The van der Waals surface area contributed by atoms with E-state index in [0.29, 0.717) is 75.8 Å². The Hall–Kier alpha value is -8.28. The highest BCUT2D eigenvalue weighted by molar-refractivity contribution is 6.05. The van der Waals surface area contributed by atoms with E-state index in [1.54, 1.807) is 86.0 Å². The van der Waals surface area contributed by atoms with Crippen molar-refractivity contribution in [2.45, 2.75) is 129 Å². The van der Waals surface area contributed by atoms with E-state index in [1.807, 2.05) is 61.5 Å². The Morgan fingerprint density at radius 1 is 0.547 bits per heavy atom. The summed E-state index contributed by atoms with van der Waals surface area (Å²) < 4.78 is 30.8. The molecule has 17 heteroatoms. The summed E-state index contributed by atoms with van der Waals surface area (Å²) in [7, 11) is 8.11. The van der Waals surface area contributed by atoms with Crippen LogP contribution in [0.25, 0.3) is 0 Å². The number of nitrogens with zero attached hydrogens (tertiary/aromatic N) is 2. The Morgan fingerprint density at radius 3 is 1.63 bits per heavy atom. The maximum Gasteiger partial charge on any atom is 0.319 e. The normalized spacial score (nSPS) is 13.9. The number of carbonyl (C=O) groups is 4. The van der Waals surface area contributed by atoms with Crippen LogP contribution in [0.4, 0.5) is 32.3 Å². The van der Waals surface area contributed by atoms with Crippen LogP contribution in [0.5, 0.6) is 40.2 Å². The highest BCUT2D eigenvalue weighted by Crippen LogP contribution is 2.39. The molecule has 0 aromatic heterocycles. The smallest absolute Gasteiger partial charge is 0.319 e. The molecule has 2 aliphatic rings. The molecule has 2 fully saturated rings. The maximum atomic E-state index is 13.0. The van der Waals surface area contributed by atoms with Crippen molar-refractivity contribution in [3.63, 3.8) is 0 Å². The van der Waals surface area contributed by atoms with Gasteiger partial charge >= 0.3 is 12.1 Å². The van der Waals surface area contributed by atoms with E-state index in [2.05, 4.69) is 78.7 Å². The lowest BCUT2D eigenvalue weighted by atomic mass is 9.89. The first kappa shape index (κ1) is 65.3. The van der Waals surface area contributed by atoms with Gasteiger partial charge in [-0.05, 0) is 204 Å². The van der Waals surface area contributed by atoms with E-state index in [1.165, 1.54) is 38.8 Å². The van der Waals surface area contributed by atoms with Crippen LogP contribution in [0.1, 0.15) is 137 Å². The molecule has 0 atom stereocenters. The molecule has 1 aliphatic heterocycles. The summed E-state index contributed by atoms with van der Waals surface area (Å²) in [6.07, 6.45) is 15.5. The van der Waals surface area contributed by atoms with Gasteiger partial charge in [0, 0.05) is 71.9 Å². The van der Waals surface area contributed by atoms with Gasteiger partial charge in [-0.15, -0.1) is 0 Å². The number of unbranched alkanes of at least 4 members (excludes halogenated alkanes) is 2. The molecule has 6 aromatic rings. The summed E-state index contributed by atoms with van der Waals surface area (Å²) >= 11 is 0. The van der Waals surface area contributed by atoms with Gasteiger partial charge in [0.15, 0.2) is 11.5 Å². The second-order valence-corrected chi connectivity index (χ2v) is 23.0. The van der Waals surface area contributed by atoms with Crippen molar-refractivity contribution in [1.29, 1.82) is 0 Å². The molecule has 460 valence electrons. The van der Waals surface area contributed by atoms with Crippen LogP contribution in [0, 0.1) is 6.92 Å². The number of urea groups is 2. The van der Waals surface area contributed by atoms with Gasteiger partial charge in [0.05, 0.1) is 34.9 Å². The van der Waals surface area contributed by atoms with Gasteiger partial charge in [-0.2, -0.15) is 0 Å². The zero-order valence-electron chi connectivity index (χ0n) is 51.8. The first-order valence-corrected chi connectivity index (χ1v) is 30.7. The molecule has 1 saturated carbocycles. The van der Waals surface area contributed by atoms with Crippen LogP contribution in [0.3, 0.4) is 0 Å². The number of hydrogen-bond donors (Lipinski definition) is 6. The molecule has 0 spiro atoms. The first-order chi connectivity index (χ1) is 41.5. The summed E-state index contributed by atoms with van der Waals surface area (Å²) in [6, 6.07) is 39.4. The fourth-order valence-corrected chi connectivity index (χ4v) is 10.4. The molecule has 6 N–H and O–H groups in total. The first-order valence-electron chi connectivity index (χ1n) is 30.7. The maximum absolute atomic E-state index is 13.0. The number of rotatable bonds is 26. The van der Waals surface area contributed by atoms with Gasteiger partial charge in [-0.1, -0.05) is 46.5 Å². The number of amides is 6. The number of nitrogens with one attached hydrogen (secondary N) is 6. The van der Waals surface area contributed by atoms with Gasteiger partial charge in [-0.3, -0.25) is 14.1 Å². The highest BCUT2D eigenvalue weighted by Gasteiger charge is 2.46. The topological polar surface area (TPSA) is 190 Å². The summed E-state index contributed by atoms with van der Waals surface area (Å²) in [5.41, 5.74) is 4.36. The molecular formula is C69H91N8O9+. The third-order valence-electron chi connectivity index (χ3n) is 15.7. The SMILES string of the molecule is CCC(CC)NC(=O)Nc1ccc(Oc2ccc(NC(=O)c3ccc(OCCCN4CCCCC4)cc3)cc2C)cc1.CCCCCNC(=O)Nc1ccc(Oc2ccc(NC(=O)c3ccc(OC4([N+](C)(C)C)CCCCC4)cc3)cc2)c(OC)c1. The zero-order chi connectivity index (χ0) is 61.3. The molecule has 6 aromatic carbocycles. The van der Waals surface area contributed by atoms with Crippen molar-refractivity contribution in [1.82, 2.24) is 15.5 Å². The number of ether oxygens (including phenoxy) is 5. The standard InChI is InChI=1S/C35H46N4O5.C34H44N4O4/c1-6-7-11-24-36-34(41)38-28-16-21-31(32(25-28)42-5)43-29-19-14-27(15-20-29)37-33(40)26-12-17-30(18-13-26)44-35(39(2,3)4)22-9-8-10-23-35;1-4-27(5-2)36-34(40)37-28-12-17-31(18-13-28)42-32-19-14-29(24-25(32)3)35-33(39)26-10-15-30(16-11-26)41-23-9-22-38-20-7-6-8-21-38/h12-21,25H,6-11,22-24H2,1-5H3,(H2-,36,37,38,40,41);10-19,24,27H,4-9,20-23H2,1-3H3,(H,35,39)(H2,36,37,40)/p+1. The predicted octanol–water partition coefficient (Wildman–Crippen LogP) is 15.4. The van der Waals surface area contributed by atoms with Crippen molar-refractivity contribution in [3.8, 4) is 40.2 Å². The second kappa shape index (κ2) is 32.8. The minimum atomic E-state index is -0.258. The molecule has 1 heterocycles. The summed E-state index contributed by atoms with van der Waals surface area (Å²) in [5.74, 6) is 4.05. The molecule has 1 aliphatic carbocycles. The third-order valence-corrected chi connectivity index (χ3v) is 15.7. The van der Waals surface area contributed by atoms with Crippen LogP contribution in [0.2, 0.25) is 0 Å². The van der Waals surface area contributed by atoms with E-state index in [0.717, 1.165) is 92.3 Å². The Morgan fingerprint density at radius 2 is 1.06 bits per heavy atom. The molecular weight excluding hydrogens is 1080 g/mol. The van der Waals surface area contributed by atoms with E-state index in [-0.39, 0.29) is 35.6 Å². The number of hydrogen-bond acceptors (Lipinski definition) is 10. The van der Waals surface area contributed by atoms with Gasteiger partial charge in [0.1, 0.15) is 28.7 Å². The molecule has 17 nitrogen and oxygen atoms in total. The monoisotopic (exact) mass is 1180 g/mol. The van der Waals surface area contributed by atoms with Crippen molar-refractivity contribution >= 4 is 46.6 Å². The number of anilines is 4. The van der Waals surface area contributed by atoms with Crippen LogP contribution >= 0.6 is 0 Å². The van der Waals surface area contributed by atoms with Crippen molar-refractivity contribution in [2.75, 3.05) is 82.3 Å². The molecule has 8 rings (SSSR count). The van der Waals surface area contributed by atoms with E-state index in [4.69, 9.17) is 23.7 Å². The van der Waals surface area contributed by atoms with Crippen molar-refractivity contribution in [3.05, 3.63) is 150 Å². The van der Waals surface area contributed by atoms with Gasteiger partial charge in [0.2, 0.25) is 5.72 Å². The predicted molar refractivity (Wildman–Crippen MR) is 344 cm³/mol. The largest absolute Gasteiger partial charge is 0.494 e. The fraction of sp³-hybridized carbons (Fsp3) is 0.420. The number of piperidine rings is 1. The fourth-order valence-electron chi connectivity index (χ4n) is 10.4. The van der Waals surface area contributed by atoms with Crippen LogP contribution in [0.15, 0.2) is 133 Å². The molecule has 0 unspecified atom stereocenters. The summed E-state index contributed by atoms with van der Waals surface area (Å²) in [6.45, 7) is 12.9. The van der Waals surface area contributed by atoms with E-state index >= 15 is 0 Å². The minimum Gasteiger partial charge on any atom is -0.494 e. The Bertz CT molecular complexity index is 3080. The van der Waals surface area contributed by atoms with Gasteiger partial charge in [0.25, 0.3) is 11.8 Å². The van der Waals surface area contributed by atoms with Crippen LogP contribution < -0.4 is 55.6 Å². The minimum absolute atomic E-state index is 0.160. The lowest BCUT2D eigenvalue weighted by Gasteiger charge is -2.47. The Labute approximate surface area is 509 Å². The van der Waals surface area contributed by atoms with Crippen LogP contribution in [-0.2, 0) is 0 Å². The number of benzene rings is 6. The average Bonchev–Trinajstić information content (AvgIpc) is 2.38. The number of quaternary nitrogens is 1. The van der Waals surface area contributed by atoms with Crippen LogP contribution in [-0.4, -0.2) is 106 Å². The molecule has 6 amide bonds. The second-order valence-electron chi connectivity index (χ2n) is 23.0. The van der Waals surface area contributed by atoms with Crippen molar-refractivity contribution < 1.29 is 47.3 Å². The van der Waals surface area contributed by atoms with Gasteiger partial charge < -0.3 is 60.5 Å². The lowest BCUT2D eigenvalue weighted by Crippen LogP contribution is -2.61. The van der Waals surface area contributed by atoms with E-state index < -0.39 is 0 Å². The van der Waals surface area contributed by atoms with E-state index in [9.17, 15) is 19.2 Å². The number of aryl methyl sites for hydroxylation is 1. The number of methoxy groups -OCH3 is 1. The average molecular weight is 1180 g/mol. The molecule has 0 radical (unpaired) electrons. The Balaban J connectivity index is 0.000000246. The number of likely N-dealkylation sites (tertiary alicyclic amines) is 1. The zero-order valence-corrected chi connectivity index (χ0v) is 51.8. The summed E-state index contributed by atoms with van der Waals surface area (Å²) in [5, 5.41) is 17.4. The summed E-state index contributed by atoms with van der Waals surface area (Å²) in [4.78, 5) is 52.6. The highest BCUT2D eigenvalue weighted by atomic mass is 16.5. The molecule has 1 saturated heterocycles. The molecule has 86 heavy (non-hydrogen) atoms. The lowest BCUT2D eigenvalue weighted by molar-refractivity contribution is -0.947. The number of carbonyl (C=O) groups excluding carboxylic acids is 4. The Kier molecular flexibility index (Phi) is 24.9. The molecule has 0 bridgehead atoms. The van der Waals surface area contributed by atoms with Gasteiger partial charge in [-0.25, -0.2) is 9.59 Å². The third kappa shape index (κ3) is 20.2.